The van der Waals surface area contributed by atoms with E-state index >= 15 is 0 Å². The van der Waals surface area contributed by atoms with Crippen LogP contribution in [0.1, 0.15) is 11.1 Å². The number of nitrogens with two attached hydrogens (primary N) is 1. The number of fused-ring (bicyclic) bond motifs is 1. The maximum atomic E-state index is 11.1. The highest BCUT2D eigenvalue weighted by Gasteiger charge is 2.13. The van der Waals surface area contributed by atoms with E-state index in [-0.39, 0.29) is 4.90 Å². The fourth-order valence-corrected chi connectivity index (χ4v) is 2.20. The van der Waals surface area contributed by atoms with E-state index in [1.54, 1.807) is 12.1 Å². The van der Waals surface area contributed by atoms with Crippen LogP contribution in [-0.2, 0) is 32.6 Å². The van der Waals surface area contributed by atoms with Gasteiger partial charge in [0.1, 0.15) is 0 Å². The summed E-state index contributed by atoms with van der Waals surface area (Å²) in [4.78, 5) is 18.4. The van der Waals surface area contributed by atoms with Crippen molar-refractivity contribution in [1.82, 2.24) is 5.32 Å². The molecule has 110 valence electrons. The second-order valence-electron chi connectivity index (χ2n) is 4.01. The number of carboxylic acids is 2. The van der Waals surface area contributed by atoms with Crippen molar-refractivity contribution in [3.63, 3.8) is 0 Å². The maximum Gasteiger partial charge on any atom is 0.414 e. The molecule has 1 heterocycles. The van der Waals surface area contributed by atoms with Crippen LogP contribution >= 0.6 is 0 Å². The molecule has 0 amide bonds. The van der Waals surface area contributed by atoms with E-state index < -0.39 is 22.0 Å². The Labute approximate surface area is 115 Å². The molecule has 1 aliphatic rings. The van der Waals surface area contributed by atoms with Crippen LogP contribution in [0.15, 0.2) is 23.1 Å². The van der Waals surface area contributed by atoms with Crippen LogP contribution in [0.2, 0.25) is 0 Å². The first-order valence-corrected chi connectivity index (χ1v) is 7.08. The predicted molar refractivity (Wildman–Crippen MR) is 68.5 cm³/mol. The Bertz CT molecular complexity index is 614. The highest BCUT2D eigenvalue weighted by atomic mass is 32.2. The third-order valence-electron chi connectivity index (χ3n) is 2.58. The van der Waals surface area contributed by atoms with Crippen LogP contribution in [0.5, 0.6) is 0 Å². The van der Waals surface area contributed by atoms with E-state index in [0.717, 1.165) is 25.1 Å². The van der Waals surface area contributed by atoms with E-state index in [0.29, 0.717) is 0 Å². The molecule has 0 atom stereocenters. The minimum absolute atomic E-state index is 0.194. The SMILES string of the molecule is NS(=O)(=O)c1ccc2c(c1)CNCC2.O=C(O)C(=O)O. The molecule has 8 nitrogen and oxygen atoms in total. The van der Waals surface area contributed by atoms with Crippen LogP contribution in [0.4, 0.5) is 0 Å². The predicted octanol–water partition coefficient (Wildman–Crippen LogP) is -0.865. The van der Waals surface area contributed by atoms with Crippen LogP contribution < -0.4 is 10.5 Å². The van der Waals surface area contributed by atoms with Crippen LogP contribution in [0.3, 0.4) is 0 Å². The van der Waals surface area contributed by atoms with Gasteiger partial charge in [0, 0.05) is 6.54 Å². The van der Waals surface area contributed by atoms with Crippen molar-refractivity contribution in [2.75, 3.05) is 6.54 Å². The molecule has 0 radical (unpaired) electrons. The van der Waals surface area contributed by atoms with Gasteiger partial charge in [-0.25, -0.2) is 23.1 Å². The average molecular weight is 302 g/mol. The fourth-order valence-electron chi connectivity index (χ4n) is 1.63. The zero-order valence-corrected chi connectivity index (χ0v) is 11.2. The number of hydrogen-bond acceptors (Lipinski definition) is 5. The third kappa shape index (κ3) is 4.61. The zero-order chi connectivity index (χ0) is 15.3. The smallest absolute Gasteiger partial charge is 0.414 e. The topological polar surface area (TPSA) is 147 Å². The lowest BCUT2D eigenvalue weighted by Gasteiger charge is -2.17. The van der Waals surface area contributed by atoms with Gasteiger partial charge in [0.25, 0.3) is 0 Å². The first-order valence-electron chi connectivity index (χ1n) is 5.53. The largest absolute Gasteiger partial charge is 0.473 e. The van der Waals surface area contributed by atoms with E-state index in [2.05, 4.69) is 5.32 Å². The van der Waals surface area contributed by atoms with Gasteiger partial charge in [0.2, 0.25) is 10.0 Å². The Morgan fingerprint density at radius 2 is 1.75 bits per heavy atom. The number of rotatable bonds is 1. The monoisotopic (exact) mass is 302 g/mol. The van der Waals surface area contributed by atoms with Crippen molar-refractivity contribution >= 4 is 22.0 Å². The molecular weight excluding hydrogens is 288 g/mol. The number of benzene rings is 1. The van der Waals surface area contributed by atoms with Gasteiger partial charge in [0.05, 0.1) is 4.90 Å². The van der Waals surface area contributed by atoms with Gasteiger partial charge in [-0.3, -0.25) is 0 Å². The quantitative estimate of drug-likeness (QED) is 0.493. The van der Waals surface area contributed by atoms with Crippen molar-refractivity contribution < 1.29 is 28.2 Å². The number of sulfonamides is 1. The lowest BCUT2D eigenvalue weighted by molar-refractivity contribution is -0.159. The lowest BCUT2D eigenvalue weighted by Crippen LogP contribution is -2.24. The summed E-state index contributed by atoms with van der Waals surface area (Å²) in [6.07, 6.45) is 0.945. The van der Waals surface area contributed by atoms with E-state index in [1.807, 2.05) is 6.07 Å². The normalized spacial score (nSPS) is 13.7. The van der Waals surface area contributed by atoms with Crippen molar-refractivity contribution in [2.45, 2.75) is 17.9 Å². The van der Waals surface area contributed by atoms with Crippen LogP contribution in [0.25, 0.3) is 0 Å². The summed E-state index contributed by atoms with van der Waals surface area (Å²) in [5.74, 6) is -3.65. The van der Waals surface area contributed by atoms with Crippen molar-refractivity contribution in [2.24, 2.45) is 5.14 Å². The molecule has 2 rings (SSSR count). The molecule has 9 heteroatoms. The Morgan fingerprint density at radius 1 is 1.15 bits per heavy atom. The number of aliphatic carboxylic acids is 2. The molecule has 0 fully saturated rings. The first kappa shape index (κ1) is 16.1. The highest BCUT2D eigenvalue weighted by molar-refractivity contribution is 7.89. The summed E-state index contributed by atoms with van der Waals surface area (Å²) >= 11 is 0. The summed E-state index contributed by atoms with van der Waals surface area (Å²) in [5.41, 5.74) is 2.24. The standard InChI is InChI=1S/C9H12N2O2S.C2H2O4/c10-14(12,13)9-2-1-7-3-4-11-6-8(7)5-9;3-1(4)2(5)6/h1-2,5,11H,3-4,6H2,(H2,10,12,13);(H,3,4)(H,5,6). The second-order valence-corrected chi connectivity index (χ2v) is 5.57. The minimum atomic E-state index is -3.56. The Balaban J connectivity index is 0.000000286. The van der Waals surface area contributed by atoms with Gasteiger partial charge in [-0.05, 0) is 36.2 Å². The van der Waals surface area contributed by atoms with Gasteiger partial charge in [-0.1, -0.05) is 6.07 Å². The van der Waals surface area contributed by atoms with Gasteiger partial charge in [-0.2, -0.15) is 0 Å². The molecule has 5 N–H and O–H groups in total. The third-order valence-corrected chi connectivity index (χ3v) is 3.49. The molecule has 0 aromatic heterocycles. The first-order chi connectivity index (χ1) is 9.21. The molecule has 0 unspecified atom stereocenters. The Kier molecular flexibility index (Phi) is 5.19. The molecule has 0 bridgehead atoms. The van der Waals surface area contributed by atoms with Crippen molar-refractivity contribution in [1.29, 1.82) is 0 Å². The van der Waals surface area contributed by atoms with Crippen LogP contribution in [-0.4, -0.2) is 37.1 Å². The van der Waals surface area contributed by atoms with E-state index in [9.17, 15) is 8.42 Å². The van der Waals surface area contributed by atoms with E-state index in [1.165, 1.54) is 5.56 Å². The second kappa shape index (κ2) is 6.46. The number of carboxylic acid groups (broad SMARTS) is 2. The average Bonchev–Trinajstić information content (AvgIpc) is 2.37. The zero-order valence-electron chi connectivity index (χ0n) is 10.4. The maximum absolute atomic E-state index is 11.1. The molecule has 0 spiro atoms. The van der Waals surface area contributed by atoms with Gasteiger partial charge >= 0.3 is 11.9 Å². The van der Waals surface area contributed by atoms with Crippen molar-refractivity contribution in [3.8, 4) is 0 Å². The molecule has 1 aliphatic heterocycles. The molecule has 1 aromatic rings. The van der Waals surface area contributed by atoms with Crippen LogP contribution in [0, 0.1) is 0 Å². The number of primary sulfonamides is 1. The van der Waals surface area contributed by atoms with E-state index in [4.69, 9.17) is 24.9 Å². The fraction of sp³-hybridized carbons (Fsp3) is 0.273. The number of carbonyl (C=O) groups is 2. The highest BCUT2D eigenvalue weighted by Crippen LogP contribution is 2.17. The molecule has 1 aromatic carbocycles. The van der Waals surface area contributed by atoms with Gasteiger partial charge in [-0.15, -0.1) is 0 Å². The Hall–Kier alpha value is -1.97. The van der Waals surface area contributed by atoms with Gasteiger partial charge in [0.15, 0.2) is 0 Å². The number of nitrogens with one attached hydrogen (secondary N) is 1. The molecule has 20 heavy (non-hydrogen) atoms. The van der Waals surface area contributed by atoms with Crippen molar-refractivity contribution in [3.05, 3.63) is 29.3 Å². The summed E-state index contributed by atoms with van der Waals surface area (Å²) in [5, 5.41) is 23.0. The summed E-state index contributed by atoms with van der Waals surface area (Å²) < 4.78 is 22.2. The number of hydrogen-bond donors (Lipinski definition) is 4. The molecule has 0 saturated carbocycles. The summed E-state index contributed by atoms with van der Waals surface area (Å²) in [7, 11) is -3.56. The van der Waals surface area contributed by atoms with Gasteiger partial charge < -0.3 is 15.5 Å². The minimum Gasteiger partial charge on any atom is -0.473 e. The molecular formula is C11H14N2O6S. The Morgan fingerprint density at radius 3 is 2.25 bits per heavy atom. The lowest BCUT2D eigenvalue weighted by atomic mass is 10.0. The molecule has 0 aliphatic carbocycles. The summed E-state index contributed by atoms with van der Waals surface area (Å²) in [6.45, 7) is 1.67. The summed E-state index contributed by atoms with van der Waals surface area (Å²) in [6, 6.07) is 5.06. The molecule has 0 saturated heterocycles.